The number of aromatic nitrogens is 2. The van der Waals surface area contributed by atoms with Gasteiger partial charge in [-0.1, -0.05) is 18.2 Å². The molecule has 6 heteroatoms. The molecule has 0 bridgehead atoms. The number of aromatic hydroxyl groups is 1. The fourth-order valence-corrected chi connectivity index (χ4v) is 2.86. The van der Waals surface area contributed by atoms with Crippen molar-refractivity contribution in [3.8, 4) is 11.5 Å². The maximum Gasteiger partial charge on any atom is 0.255 e. The zero-order valence-electron chi connectivity index (χ0n) is 15.3. The van der Waals surface area contributed by atoms with Crippen LogP contribution in [0.5, 0.6) is 11.5 Å². The minimum Gasteiger partial charge on any atom is -0.506 e. The van der Waals surface area contributed by atoms with Crippen molar-refractivity contribution in [1.82, 2.24) is 9.38 Å². The molecule has 140 valence electrons. The molecule has 0 saturated heterocycles. The zero-order valence-corrected chi connectivity index (χ0v) is 15.3. The van der Waals surface area contributed by atoms with Gasteiger partial charge in [-0.3, -0.25) is 4.79 Å². The largest absolute Gasteiger partial charge is 0.506 e. The van der Waals surface area contributed by atoms with E-state index in [9.17, 15) is 9.90 Å². The first kappa shape index (κ1) is 17.6. The van der Waals surface area contributed by atoms with E-state index in [2.05, 4.69) is 10.3 Å². The molecule has 2 heterocycles. The number of phenols is 1. The summed E-state index contributed by atoms with van der Waals surface area (Å²) < 4.78 is 7.75. The van der Waals surface area contributed by atoms with Crippen LogP contribution in [0, 0.1) is 6.92 Å². The van der Waals surface area contributed by atoms with Gasteiger partial charge in [-0.15, -0.1) is 0 Å². The van der Waals surface area contributed by atoms with Gasteiger partial charge >= 0.3 is 0 Å². The van der Waals surface area contributed by atoms with Crippen LogP contribution >= 0.6 is 0 Å². The number of ether oxygens (including phenoxy) is 1. The Labute approximate surface area is 162 Å². The number of hydrogen-bond acceptors (Lipinski definition) is 4. The van der Waals surface area contributed by atoms with Crippen LogP contribution in [-0.4, -0.2) is 20.4 Å². The SMILES string of the molecule is Cc1ccc2nc(COc3ccc(C(=O)Nc4ccccc4O)cc3)cn2c1. The Balaban J connectivity index is 1.40. The number of benzene rings is 2. The number of phenolic OH excluding ortho intramolecular Hbond substituents is 1. The Hall–Kier alpha value is -3.80. The summed E-state index contributed by atoms with van der Waals surface area (Å²) in [7, 11) is 0. The van der Waals surface area contributed by atoms with Crippen molar-refractivity contribution in [2.24, 2.45) is 0 Å². The molecule has 6 nitrogen and oxygen atoms in total. The van der Waals surface area contributed by atoms with E-state index < -0.39 is 0 Å². The molecule has 0 atom stereocenters. The molecule has 0 aliphatic heterocycles. The van der Waals surface area contributed by atoms with E-state index in [4.69, 9.17) is 4.74 Å². The van der Waals surface area contributed by atoms with Crippen molar-refractivity contribution in [2.45, 2.75) is 13.5 Å². The molecular weight excluding hydrogens is 354 g/mol. The maximum absolute atomic E-state index is 12.3. The number of rotatable bonds is 5. The van der Waals surface area contributed by atoms with Crippen molar-refractivity contribution < 1.29 is 14.6 Å². The number of aryl methyl sites for hydroxylation is 1. The zero-order chi connectivity index (χ0) is 19.5. The van der Waals surface area contributed by atoms with E-state index in [-0.39, 0.29) is 11.7 Å². The standard InChI is InChI=1S/C22H19N3O3/c1-15-6-11-21-23-17(13-25(21)12-15)14-28-18-9-7-16(8-10-18)22(27)24-19-4-2-3-5-20(19)26/h2-13,26H,14H2,1H3,(H,24,27). The third-order valence-electron chi connectivity index (χ3n) is 4.30. The Morgan fingerprint density at radius 1 is 1.07 bits per heavy atom. The number of fused-ring (bicyclic) bond motifs is 1. The number of nitrogens with zero attached hydrogens (tertiary/aromatic N) is 2. The minimum atomic E-state index is -0.302. The van der Waals surface area contributed by atoms with Crippen LogP contribution in [0.3, 0.4) is 0 Å². The Morgan fingerprint density at radius 3 is 2.64 bits per heavy atom. The van der Waals surface area contributed by atoms with E-state index in [0.29, 0.717) is 23.6 Å². The van der Waals surface area contributed by atoms with Crippen LogP contribution in [0.15, 0.2) is 73.1 Å². The number of amides is 1. The van der Waals surface area contributed by atoms with Crippen molar-refractivity contribution in [1.29, 1.82) is 0 Å². The summed E-state index contributed by atoms with van der Waals surface area (Å²) in [6.45, 7) is 2.37. The number of imidazole rings is 1. The molecule has 0 saturated carbocycles. The highest BCUT2D eigenvalue weighted by molar-refractivity contribution is 6.05. The number of pyridine rings is 1. The summed E-state index contributed by atoms with van der Waals surface area (Å²) in [5, 5.41) is 12.4. The molecule has 2 N–H and O–H groups in total. The molecule has 0 spiro atoms. The first-order chi connectivity index (χ1) is 13.6. The monoisotopic (exact) mass is 373 g/mol. The van der Waals surface area contributed by atoms with Gasteiger partial charge in [0.1, 0.15) is 23.8 Å². The summed E-state index contributed by atoms with van der Waals surface area (Å²) in [5.41, 5.74) is 3.70. The number of carbonyl (C=O) groups excluding carboxylic acids is 1. The molecule has 2 aromatic heterocycles. The van der Waals surface area contributed by atoms with E-state index in [1.807, 2.05) is 35.9 Å². The average molecular weight is 373 g/mol. The minimum absolute atomic E-state index is 0.0263. The van der Waals surface area contributed by atoms with Gasteiger partial charge in [0.25, 0.3) is 5.91 Å². The molecule has 0 fully saturated rings. The normalized spacial score (nSPS) is 10.8. The lowest BCUT2D eigenvalue weighted by Crippen LogP contribution is -2.11. The smallest absolute Gasteiger partial charge is 0.255 e. The molecule has 4 rings (SSSR count). The van der Waals surface area contributed by atoms with Crippen LogP contribution in [0.25, 0.3) is 5.65 Å². The van der Waals surface area contributed by atoms with Gasteiger partial charge < -0.3 is 19.6 Å². The van der Waals surface area contributed by atoms with E-state index >= 15 is 0 Å². The summed E-state index contributed by atoms with van der Waals surface area (Å²) >= 11 is 0. The molecule has 1 amide bonds. The second-order valence-corrected chi connectivity index (χ2v) is 6.49. The molecular formula is C22H19N3O3. The fourth-order valence-electron chi connectivity index (χ4n) is 2.86. The Morgan fingerprint density at radius 2 is 1.86 bits per heavy atom. The van der Waals surface area contributed by atoms with Crippen LogP contribution in [0.2, 0.25) is 0 Å². The third kappa shape index (κ3) is 3.81. The van der Waals surface area contributed by atoms with Crippen molar-refractivity contribution >= 4 is 17.2 Å². The van der Waals surface area contributed by atoms with Crippen LogP contribution < -0.4 is 10.1 Å². The first-order valence-corrected chi connectivity index (χ1v) is 8.85. The molecule has 0 radical (unpaired) electrons. The van der Waals surface area contributed by atoms with E-state index in [0.717, 1.165) is 16.9 Å². The van der Waals surface area contributed by atoms with Gasteiger partial charge in [0.2, 0.25) is 0 Å². The average Bonchev–Trinajstić information content (AvgIpc) is 3.10. The van der Waals surface area contributed by atoms with Gasteiger partial charge in [-0.2, -0.15) is 0 Å². The third-order valence-corrected chi connectivity index (χ3v) is 4.30. The molecule has 4 aromatic rings. The number of nitrogens with one attached hydrogen (secondary N) is 1. The Bertz CT molecular complexity index is 1130. The lowest BCUT2D eigenvalue weighted by atomic mass is 10.2. The molecule has 0 aliphatic rings. The van der Waals surface area contributed by atoms with Crippen LogP contribution in [0.1, 0.15) is 21.6 Å². The quantitative estimate of drug-likeness (QED) is 0.515. The number of hydrogen-bond donors (Lipinski definition) is 2. The molecule has 2 aromatic carbocycles. The predicted octanol–water partition coefficient (Wildman–Crippen LogP) is 4.18. The van der Waals surface area contributed by atoms with Gasteiger partial charge in [0, 0.05) is 18.0 Å². The van der Waals surface area contributed by atoms with Gasteiger partial charge in [-0.25, -0.2) is 4.98 Å². The van der Waals surface area contributed by atoms with Crippen molar-refractivity contribution in [3.05, 3.63) is 89.9 Å². The van der Waals surface area contributed by atoms with Crippen LogP contribution in [0.4, 0.5) is 5.69 Å². The summed E-state index contributed by atoms with van der Waals surface area (Å²) in [6, 6.07) is 17.4. The molecule has 0 unspecified atom stereocenters. The predicted molar refractivity (Wildman–Crippen MR) is 107 cm³/mol. The lowest BCUT2D eigenvalue weighted by Gasteiger charge is -2.08. The van der Waals surface area contributed by atoms with E-state index in [1.165, 1.54) is 6.07 Å². The van der Waals surface area contributed by atoms with Gasteiger partial charge in [0.05, 0.1) is 11.4 Å². The molecule has 28 heavy (non-hydrogen) atoms. The first-order valence-electron chi connectivity index (χ1n) is 8.85. The fraction of sp³-hybridized carbons (Fsp3) is 0.0909. The van der Waals surface area contributed by atoms with Gasteiger partial charge in [0.15, 0.2) is 0 Å². The molecule has 0 aliphatic carbocycles. The number of anilines is 1. The summed E-state index contributed by atoms with van der Waals surface area (Å²) in [4.78, 5) is 16.8. The van der Waals surface area contributed by atoms with Crippen LogP contribution in [-0.2, 0) is 6.61 Å². The van der Waals surface area contributed by atoms with Crippen molar-refractivity contribution in [2.75, 3.05) is 5.32 Å². The number of carbonyl (C=O) groups is 1. The highest BCUT2D eigenvalue weighted by Crippen LogP contribution is 2.23. The highest BCUT2D eigenvalue weighted by Gasteiger charge is 2.09. The van der Waals surface area contributed by atoms with E-state index in [1.54, 1.807) is 42.5 Å². The second-order valence-electron chi connectivity index (χ2n) is 6.49. The Kier molecular flexibility index (Phi) is 4.68. The topological polar surface area (TPSA) is 75.9 Å². The van der Waals surface area contributed by atoms with Gasteiger partial charge in [-0.05, 0) is 55.0 Å². The summed E-state index contributed by atoms with van der Waals surface area (Å²) in [6.07, 6.45) is 3.96. The lowest BCUT2D eigenvalue weighted by molar-refractivity contribution is 0.102. The maximum atomic E-state index is 12.3. The highest BCUT2D eigenvalue weighted by atomic mass is 16.5. The van der Waals surface area contributed by atoms with Crippen molar-refractivity contribution in [3.63, 3.8) is 0 Å². The summed E-state index contributed by atoms with van der Waals surface area (Å²) in [5.74, 6) is 0.370. The second kappa shape index (κ2) is 7.44. The number of para-hydroxylation sites is 2.